The van der Waals surface area contributed by atoms with Gasteiger partial charge in [-0.2, -0.15) is 26.3 Å². The molecule has 0 saturated carbocycles. The van der Waals surface area contributed by atoms with E-state index in [-0.39, 0.29) is 27.8 Å². The van der Waals surface area contributed by atoms with Crippen molar-refractivity contribution in [2.75, 3.05) is 12.3 Å². The summed E-state index contributed by atoms with van der Waals surface area (Å²) >= 11 is 16.9. The maximum atomic E-state index is 14.2. The molecule has 2 nitrogen and oxygen atoms in total. The van der Waals surface area contributed by atoms with Crippen LogP contribution >= 0.6 is 62.7 Å². The summed E-state index contributed by atoms with van der Waals surface area (Å²) < 4.78 is 77.6. The van der Waals surface area contributed by atoms with Crippen LogP contribution in [-0.4, -0.2) is 30.6 Å². The molecule has 13 heteroatoms. The number of hydrogen-bond donors (Lipinski definition) is 1. The van der Waals surface area contributed by atoms with E-state index in [0.29, 0.717) is 32.3 Å². The van der Waals surface area contributed by atoms with Crippen molar-refractivity contribution in [3.63, 3.8) is 0 Å². The number of carbonyl (C=O) groups is 1. The fourth-order valence-corrected chi connectivity index (χ4v) is 6.38. The highest BCUT2D eigenvalue weighted by Crippen LogP contribution is 2.60. The van der Waals surface area contributed by atoms with Gasteiger partial charge in [-0.15, -0.1) is 23.5 Å². The van der Waals surface area contributed by atoms with Crippen LogP contribution in [0.1, 0.15) is 17.5 Å². The summed E-state index contributed by atoms with van der Waals surface area (Å²) in [5, 5.41) is 3.42. The smallest absolute Gasteiger partial charge is 0.346 e. The van der Waals surface area contributed by atoms with E-state index in [1.165, 1.54) is 23.6 Å². The summed E-state index contributed by atoms with van der Waals surface area (Å²) in [6, 6.07) is 8.68. The number of carbonyl (C=O) groups excluding carboxylic acids is 1. The van der Waals surface area contributed by atoms with Crippen LogP contribution in [0.25, 0.3) is 5.57 Å². The van der Waals surface area contributed by atoms with Crippen molar-refractivity contribution < 1.29 is 31.1 Å². The summed E-state index contributed by atoms with van der Waals surface area (Å²) in [7, 11) is 0. The molecular formula is C21H14BrCl2F6NOS2. The topological polar surface area (TPSA) is 29.1 Å². The molecule has 2 aromatic carbocycles. The number of halogens is 9. The second-order valence-corrected chi connectivity index (χ2v) is 11.2. The van der Waals surface area contributed by atoms with E-state index in [1.54, 1.807) is 23.5 Å². The van der Waals surface area contributed by atoms with Crippen LogP contribution in [-0.2, 0) is 9.54 Å². The fourth-order valence-electron chi connectivity index (χ4n) is 3.19. The van der Waals surface area contributed by atoms with Crippen LogP contribution in [0.2, 0.25) is 10.0 Å². The molecule has 1 aliphatic rings. The lowest BCUT2D eigenvalue weighted by molar-refractivity contribution is -0.160. The molecule has 0 spiro atoms. The molecule has 34 heavy (non-hydrogen) atoms. The fraction of sp³-hybridized carbons (Fsp3) is 0.286. The zero-order valence-corrected chi connectivity index (χ0v) is 21.5. The van der Waals surface area contributed by atoms with E-state index in [0.717, 1.165) is 11.8 Å². The Kier molecular flexibility index (Phi) is 8.55. The van der Waals surface area contributed by atoms with Crippen LogP contribution < -0.4 is 5.32 Å². The lowest BCUT2D eigenvalue weighted by Gasteiger charge is -2.32. The first-order valence-corrected chi connectivity index (χ1v) is 12.8. The SMILES string of the molecule is O=C(CSc1ccc(C2=CSC(c3cc(Cl)cc(Cl)c3)(C(F)(F)F)C2)cc1Br)NCC(F)(F)F. The highest BCUT2D eigenvalue weighted by atomic mass is 79.9. The maximum Gasteiger partial charge on any atom is 0.407 e. The van der Waals surface area contributed by atoms with Gasteiger partial charge in [0.1, 0.15) is 11.3 Å². The third-order valence-corrected chi connectivity index (χ3v) is 8.62. The molecule has 1 heterocycles. The van der Waals surface area contributed by atoms with Crippen LogP contribution in [0, 0.1) is 0 Å². The molecule has 0 saturated heterocycles. The normalized spacial score (nSPS) is 18.7. The highest BCUT2D eigenvalue weighted by Gasteiger charge is 2.58. The van der Waals surface area contributed by atoms with Crippen molar-refractivity contribution >= 4 is 74.1 Å². The van der Waals surface area contributed by atoms with E-state index in [2.05, 4.69) is 15.9 Å². The summed E-state index contributed by atoms with van der Waals surface area (Å²) in [5.74, 6) is -1.04. The van der Waals surface area contributed by atoms with Gasteiger partial charge in [0.05, 0.1) is 5.75 Å². The van der Waals surface area contributed by atoms with Gasteiger partial charge in [-0.25, -0.2) is 0 Å². The average molecular weight is 625 g/mol. The minimum atomic E-state index is -4.60. The van der Waals surface area contributed by atoms with E-state index < -0.39 is 29.6 Å². The molecule has 2 aromatic rings. The van der Waals surface area contributed by atoms with Gasteiger partial charge < -0.3 is 5.32 Å². The average Bonchev–Trinajstić information content (AvgIpc) is 3.17. The first kappa shape index (κ1) is 27.6. The minimum Gasteiger partial charge on any atom is -0.346 e. The van der Waals surface area contributed by atoms with Crippen molar-refractivity contribution in [3.05, 3.63) is 67.5 Å². The van der Waals surface area contributed by atoms with Crippen LogP contribution in [0.4, 0.5) is 26.3 Å². The minimum absolute atomic E-state index is 0.0511. The summed E-state index contributed by atoms with van der Waals surface area (Å²) in [4.78, 5) is 12.2. The Hall–Kier alpha value is -1.01. The largest absolute Gasteiger partial charge is 0.407 e. The molecule has 1 atom stereocenters. The van der Waals surface area contributed by atoms with Crippen LogP contribution in [0.3, 0.4) is 0 Å². The lowest BCUT2D eigenvalue weighted by atomic mass is 9.88. The van der Waals surface area contributed by atoms with Crippen molar-refractivity contribution in [1.29, 1.82) is 0 Å². The van der Waals surface area contributed by atoms with E-state index in [1.807, 2.05) is 0 Å². The van der Waals surface area contributed by atoms with E-state index in [4.69, 9.17) is 23.2 Å². The standard InChI is InChI=1S/C21H14BrCl2F6NOS2/c22-16-3-11(1-2-17(16)33-9-18(32)31-10-20(25,26)27)12-7-19(34-8-12,21(28,29)30)13-4-14(23)6-15(24)5-13/h1-6,8H,7,9-10H2,(H,31,32). The molecule has 1 amide bonds. The van der Waals surface area contributed by atoms with Crippen LogP contribution in [0.15, 0.2) is 51.2 Å². The van der Waals surface area contributed by atoms with E-state index >= 15 is 0 Å². The Morgan fingerprint density at radius 3 is 2.29 bits per heavy atom. The summed E-state index contributed by atoms with van der Waals surface area (Å²) in [6.45, 7) is -1.42. The Morgan fingerprint density at radius 2 is 1.74 bits per heavy atom. The number of allylic oxidation sites excluding steroid dienone is 1. The van der Waals surface area contributed by atoms with Gasteiger partial charge in [0.15, 0.2) is 0 Å². The summed E-state index contributed by atoms with van der Waals surface area (Å²) in [5.41, 5.74) is 0.924. The number of hydrogen-bond acceptors (Lipinski definition) is 3. The molecule has 0 fully saturated rings. The van der Waals surface area contributed by atoms with Gasteiger partial charge in [-0.1, -0.05) is 29.3 Å². The number of alkyl halides is 6. The number of thioether (sulfide) groups is 2. The van der Waals surface area contributed by atoms with Gasteiger partial charge >= 0.3 is 12.4 Å². The number of benzene rings is 2. The van der Waals surface area contributed by atoms with Gasteiger partial charge in [-0.3, -0.25) is 4.79 Å². The third kappa shape index (κ3) is 6.60. The quantitative estimate of drug-likeness (QED) is 0.258. The molecule has 0 radical (unpaired) electrons. The molecule has 3 rings (SSSR count). The van der Waals surface area contributed by atoms with Gasteiger partial charge in [-0.05, 0) is 68.4 Å². The molecule has 184 valence electrons. The van der Waals surface area contributed by atoms with Crippen LogP contribution in [0.5, 0.6) is 0 Å². The lowest BCUT2D eigenvalue weighted by Crippen LogP contribution is -2.37. The predicted molar refractivity (Wildman–Crippen MR) is 128 cm³/mol. The van der Waals surface area contributed by atoms with E-state index in [9.17, 15) is 31.1 Å². The van der Waals surface area contributed by atoms with Crippen molar-refractivity contribution in [2.45, 2.75) is 28.4 Å². The van der Waals surface area contributed by atoms with Crippen molar-refractivity contribution in [1.82, 2.24) is 5.32 Å². The first-order chi connectivity index (χ1) is 15.7. The summed E-state index contributed by atoms with van der Waals surface area (Å²) in [6.07, 6.45) is -9.45. The molecule has 1 unspecified atom stereocenters. The third-order valence-electron chi connectivity index (χ3n) is 4.78. The molecule has 1 N–H and O–H groups in total. The second-order valence-electron chi connectivity index (χ2n) is 7.25. The monoisotopic (exact) mass is 623 g/mol. The van der Waals surface area contributed by atoms with Crippen molar-refractivity contribution in [3.8, 4) is 0 Å². The number of amides is 1. The molecule has 0 bridgehead atoms. The second kappa shape index (κ2) is 10.5. The van der Waals surface area contributed by atoms with Gasteiger partial charge in [0, 0.05) is 25.8 Å². The maximum absolute atomic E-state index is 14.2. The Balaban J connectivity index is 1.76. The zero-order chi connectivity index (χ0) is 25.3. The molecule has 0 aromatic heterocycles. The Labute approximate surface area is 218 Å². The van der Waals surface area contributed by atoms with Gasteiger partial charge in [0.2, 0.25) is 5.91 Å². The first-order valence-electron chi connectivity index (χ1n) is 9.36. The van der Waals surface area contributed by atoms with Gasteiger partial charge in [0.25, 0.3) is 0 Å². The van der Waals surface area contributed by atoms with Crippen molar-refractivity contribution in [2.24, 2.45) is 0 Å². The highest BCUT2D eigenvalue weighted by molar-refractivity contribution is 9.10. The zero-order valence-electron chi connectivity index (χ0n) is 16.8. The molecule has 0 aliphatic carbocycles. The molecular weight excluding hydrogens is 611 g/mol. The number of rotatable bonds is 6. The Morgan fingerprint density at radius 1 is 1.09 bits per heavy atom. The Bertz CT molecular complexity index is 1110. The predicted octanol–water partition coefficient (Wildman–Crippen LogP) is 8.46. The molecule has 1 aliphatic heterocycles. The number of nitrogens with one attached hydrogen (secondary N) is 1.